The van der Waals surface area contributed by atoms with Crippen molar-refractivity contribution in [2.45, 2.75) is 12.8 Å². The van der Waals surface area contributed by atoms with E-state index in [2.05, 4.69) is 29.4 Å². The quantitative estimate of drug-likeness (QED) is 0.553. The van der Waals surface area contributed by atoms with Crippen molar-refractivity contribution in [3.05, 3.63) is 101 Å². The van der Waals surface area contributed by atoms with Gasteiger partial charge < -0.3 is 4.84 Å². The highest BCUT2D eigenvalue weighted by Gasteiger charge is 2.19. The van der Waals surface area contributed by atoms with Crippen LogP contribution in [0.4, 0.5) is 0 Å². The van der Waals surface area contributed by atoms with Gasteiger partial charge in [-0.3, -0.25) is 10.0 Å². The molecular formula is C22H18N2O3. The highest BCUT2D eigenvalue weighted by atomic mass is 16.6. The van der Waals surface area contributed by atoms with Crippen LogP contribution in [0.5, 0.6) is 5.75 Å². The molecule has 134 valence electrons. The van der Waals surface area contributed by atoms with E-state index in [0.29, 0.717) is 11.3 Å². The fourth-order valence-corrected chi connectivity index (χ4v) is 3.28. The molecule has 0 radical (unpaired) electrons. The highest BCUT2D eigenvalue weighted by Crippen LogP contribution is 2.25. The van der Waals surface area contributed by atoms with E-state index in [1.807, 2.05) is 24.3 Å². The molecule has 0 saturated carbocycles. The van der Waals surface area contributed by atoms with Crippen LogP contribution in [0, 0.1) is 0 Å². The van der Waals surface area contributed by atoms with Crippen molar-refractivity contribution in [3.63, 3.8) is 0 Å². The summed E-state index contributed by atoms with van der Waals surface area (Å²) in [6.07, 6.45) is 1.91. The Bertz CT molecular complexity index is 961. The first-order valence-corrected chi connectivity index (χ1v) is 8.72. The number of hydrogen-bond donors (Lipinski definition) is 2. The minimum atomic E-state index is -0.570. The fraction of sp³-hybridized carbons (Fsp3) is 0.0909. The molecule has 3 aromatic carbocycles. The molecule has 0 heterocycles. The summed E-state index contributed by atoms with van der Waals surface area (Å²) in [5.41, 5.74) is 7.36. The van der Waals surface area contributed by atoms with E-state index in [1.54, 1.807) is 29.7 Å². The minimum absolute atomic E-state index is 0.336. The second-order valence-electron chi connectivity index (χ2n) is 6.31. The Morgan fingerprint density at radius 2 is 1.41 bits per heavy atom. The molecule has 0 bridgehead atoms. The molecule has 4 rings (SSSR count). The van der Waals surface area contributed by atoms with Crippen LogP contribution in [0.15, 0.2) is 78.0 Å². The fourth-order valence-electron chi connectivity index (χ4n) is 3.28. The first kappa shape index (κ1) is 17.0. The minimum Gasteiger partial charge on any atom is -0.356 e. The lowest BCUT2D eigenvalue weighted by atomic mass is 9.98. The van der Waals surface area contributed by atoms with Crippen LogP contribution in [-0.2, 0) is 12.8 Å². The molecule has 5 nitrogen and oxygen atoms in total. The molecule has 0 unspecified atom stereocenters. The number of fused-ring (bicyclic) bond motifs is 2. The predicted octanol–water partition coefficient (Wildman–Crippen LogP) is 3.74. The average molecular weight is 358 g/mol. The van der Waals surface area contributed by atoms with Crippen molar-refractivity contribution in [2.24, 2.45) is 5.16 Å². The summed E-state index contributed by atoms with van der Waals surface area (Å²) in [6, 6.07) is 22.9. The van der Waals surface area contributed by atoms with E-state index in [0.717, 1.165) is 29.7 Å². The highest BCUT2D eigenvalue weighted by molar-refractivity contribution is 6.14. The predicted molar refractivity (Wildman–Crippen MR) is 102 cm³/mol. The van der Waals surface area contributed by atoms with Crippen molar-refractivity contribution >= 4 is 11.6 Å². The van der Waals surface area contributed by atoms with Crippen LogP contribution >= 0.6 is 0 Å². The van der Waals surface area contributed by atoms with E-state index in [4.69, 9.17) is 10.0 Å². The van der Waals surface area contributed by atoms with Crippen LogP contribution in [0.2, 0.25) is 0 Å². The summed E-state index contributed by atoms with van der Waals surface area (Å²) < 4.78 is 0. The van der Waals surface area contributed by atoms with E-state index in [-0.39, 0.29) is 0 Å². The first-order chi connectivity index (χ1) is 13.3. The zero-order valence-corrected chi connectivity index (χ0v) is 14.6. The van der Waals surface area contributed by atoms with Gasteiger partial charge in [0, 0.05) is 16.7 Å². The Morgan fingerprint density at radius 1 is 0.852 bits per heavy atom. The number of nitrogens with one attached hydrogen (secondary N) is 1. The SMILES string of the molecule is O=C(NO)c1ccc(ON=C2c3ccccc3CCc3ccccc32)cc1. The molecule has 1 aliphatic rings. The van der Waals surface area contributed by atoms with Gasteiger partial charge in [-0.05, 0) is 48.2 Å². The average Bonchev–Trinajstić information content (AvgIpc) is 2.89. The van der Waals surface area contributed by atoms with E-state index in [1.165, 1.54) is 11.1 Å². The third-order valence-corrected chi connectivity index (χ3v) is 4.67. The number of carbonyl (C=O) groups is 1. The van der Waals surface area contributed by atoms with E-state index < -0.39 is 5.91 Å². The van der Waals surface area contributed by atoms with Crippen molar-refractivity contribution < 1.29 is 14.8 Å². The smallest absolute Gasteiger partial charge is 0.274 e. The first-order valence-electron chi connectivity index (χ1n) is 8.72. The lowest BCUT2D eigenvalue weighted by molar-refractivity contribution is 0.0706. The Kier molecular flexibility index (Phi) is 4.68. The largest absolute Gasteiger partial charge is 0.356 e. The van der Waals surface area contributed by atoms with Crippen molar-refractivity contribution in [3.8, 4) is 5.75 Å². The van der Waals surface area contributed by atoms with Gasteiger partial charge in [0.2, 0.25) is 0 Å². The maximum Gasteiger partial charge on any atom is 0.274 e. The summed E-state index contributed by atoms with van der Waals surface area (Å²) in [6.45, 7) is 0. The standard InChI is InChI=1S/C22H18N2O3/c25-22(23-26)17-11-13-18(14-12-17)27-24-21-19-7-3-1-5-15(19)9-10-16-6-2-4-8-20(16)21/h1-8,11-14,26H,9-10H2,(H,23,25). The number of aryl methyl sites for hydroxylation is 2. The van der Waals surface area contributed by atoms with Gasteiger partial charge in [-0.25, -0.2) is 5.48 Å². The number of carbonyl (C=O) groups excluding carboxylic acids is 1. The van der Waals surface area contributed by atoms with Crippen LogP contribution in [0.3, 0.4) is 0 Å². The summed E-state index contributed by atoms with van der Waals surface area (Å²) in [4.78, 5) is 17.1. The monoisotopic (exact) mass is 358 g/mol. The molecule has 0 fully saturated rings. The molecule has 1 amide bonds. The van der Waals surface area contributed by atoms with Crippen LogP contribution in [0.25, 0.3) is 0 Å². The maximum absolute atomic E-state index is 11.4. The zero-order valence-electron chi connectivity index (χ0n) is 14.6. The Hall–Kier alpha value is -3.44. The number of hydroxylamine groups is 1. The molecule has 1 aliphatic carbocycles. The molecule has 0 saturated heterocycles. The zero-order chi connectivity index (χ0) is 18.6. The van der Waals surface area contributed by atoms with Gasteiger partial charge in [-0.1, -0.05) is 53.7 Å². The maximum atomic E-state index is 11.4. The Labute approximate surface area is 156 Å². The van der Waals surface area contributed by atoms with Crippen LogP contribution < -0.4 is 10.3 Å². The van der Waals surface area contributed by atoms with Crippen molar-refractivity contribution in [2.75, 3.05) is 0 Å². The van der Waals surface area contributed by atoms with Crippen LogP contribution in [0.1, 0.15) is 32.6 Å². The second kappa shape index (κ2) is 7.43. The molecule has 0 atom stereocenters. The van der Waals surface area contributed by atoms with Gasteiger partial charge >= 0.3 is 0 Å². The lowest BCUT2D eigenvalue weighted by Gasteiger charge is -2.10. The van der Waals surface area contributed by atoms with E-state index in [9.17, 15) is 4.79 Å². The lowest BCUT2D eigenvalue weighted by Crippen LogP contribution is -2.18. The molecule has 5 heteroatoms. The number of rotatable bonds is 3. The molecular weight excluding hydrogens is 340 g/mol. The molecule has 0 spiro atoms. The van der Waals surface area contributed by atoms with Gasteiger partial charge in [0.15, 0.2) is 5.75 Å². The van der Waals surface area contributed by atoms with Gasteiger partial charge in [0.05, 0.1) is 0 Å². The summed E-state index contributed by atoms with van der Waals surface area (Å²) in [7, 11) is 0. The van der Waals surface area contributed by atoms with Gasteiger partial charge in [0.25, 0.3) is 5.91 Å². The Morgan fingerprint density at radius 3 is 1.96 bits per heavy atom. The Balaban J connectivity index is 1.71. The molecule has 2 N–H and O–H groups in total. The number of benzene rings is 3. The molecule has 0 aromatic heterocycles. The van der Waals surface area contributed by atoms with Gasteiger partial charge in [-0.15, -0.1) is 0 Å². The summed E-state index contributed by atoms with van der Waals surface area (Å²) in [5.74, 6) is -0.0596. The summed E-state index contributed by atoms with van der Waals surface area (Å²) >= 11 is 0. The van der Waals surface area contributed by atoms with Crippen LogP contribution in [-0.4, -0.2) is 16.8 Å². The van der Waals surface area contributed by atoms with Gasteiger partial charge in [0.1, 0.15) is 5.71 Å². The molecule has 27 heavy (non-hydrogen) atoms. The van der Waals surface area contributed by atoms with Gasteiger partial charge in [-0.2, -0.15) is 0 Å². The third-order valence-electron chi connectivity index (χ3n) is 4.67. The van der Waals surface area contributed by atoms with Crippen molar-refractivity contribution in [1.82, 2.24) is 5.48 Å². The molecule has 0 aliphatic heterocycles. The second-order valence-corrected chi connectivity index (χ2v) is 6.31. The number of oxime groups is 1. The topological polar surface area (TPSA) is 70.9 Å². The summed E-state index contributed by atoms with van der Waals surface area (Å²) in [5, 5.41) is 13.1. The number of nitrogens with zero attached hydrogens (tertiary/aromatic N) is 1. The normalized spacial score (nSPS) is 12.4. The molecule has 3 aromatic rings. The van der Waals surface area contributed by atoms with E-state index >= 15 is 0 Å². The number of hydrogen-bond acceptors (Lipinski definition) is 4. The third kappa shape index (κ3) is 3.45. The van der Waals surface area contributed by atoms with Crippen molar-refractivity contribution in [1.29, 1.82) is 0 Å². The number of amides is 1.